The van der Waals surface area contributed by atoms with Gasteiger partial charge in [0.1, 0.15) is 42.1 Å². The number of piperidine rings is 1. The van der Waals surface area contributed by atoms with Gasteiger partial charge in [-0.25, -0.2) is 9.59 Å². The molecule has 0 radical (unpaired) electrons. The highest BCUT2D eigenvalue weighted by molar-refractivity contribution is 7.77. The number of ether oxygens (including phenoxy) is 6. The molecule has 1 saturated carbocycles. The van der Waals surface area contributed by atoms with E-state index in [9.17, 15) is 62.8 Å². The van der Waals surface area contributed by atoms with E-state index in [1.165, 1.54) is 38.5 Å². The van der Waals surface area contributed by atoms with E-state index in [2.05, 4.69) is 5.32 Å². The second-order valence-electron chi connectivity index (χ2n) is 23.1. The van der Waals surface area contributed by atoms with Gasteiger partial charge in [-0.1, -0.05) is 71.1 Å². The molecular formula is C59H88N2O19P2. The summed E-state index contributed by atoms with van der Waals surface area (Å²) in [6.45, 7) is 12.4. The minimum Gasteiger partial charge on any atom is -0.460 e. The predicted octanol–water partition coefficient (Wildman–Crippen LogP) is 7.47. The van der Waals surface area contributed by atoms with Crippen molar-refractivity contribution in [1.82, 2.24) is 4.90 Å². The lowest BCUT2D eigenvalue weighted by Gasteiger charge is -2.42. The van der Waals surface area contributed by atoms with Crippen molar-refractivity contribution < 1.29 is 91.2 Å². The van der Waals surface area contributed by atoms with Gasteiger partial charge in [-0.2, -0.15) is 0 Å². The fourth-order valence-electron chi connectivity index (χ4n) is 11.6. The molecule has 1 aromatic carbocycles. The Morgan fingerprint density at radius 1 is 0.841 bits per heavy atom. The van der Waals surface area contributed by atoms with E-state index in [0.717, 1.165) is 10.5 Å². The van der Waals surface area contributed by atoms with Gasteiger partial charge in [-0.15, -0.1) is 0 Å². The molecule has 1 aromatic rings. The molecule has 458 valence electrons. The first-order valence-electron chi connectivity index (χ1n) is 28.5. The molecule has 3 heterocycles. The van der Waals surface area contributed by atoms with E-state index in [0.29, 0.717) is 63.4 Å². The van der Waals surface area contributed by atoms with Gasteiger partial charge in [-0.3, -0.25) is 33.6 Å². The molecule has 21 nitrogen and oxygen atoms in total. The van der Waals surface area contributed by atoms with Crippen LogP contribution in [0.3, 0.4) is 0 Å². The third-order valence-electron chi connectivity index (χ3n) is 16.6. The molecule has 5 rings (SSSR count). The summed E-state index contributed by atoms with van der Waals surface area (Å²) < 4.78 is 59.5. The van der Waals surface area contributed by atoms with Gasteiger partial charge in [0.15, 0.2) is 5.78 Å². The lowest BCUT2D eigenvalue weighted by Crippen LogP contribution is -2.61. The van der Waals surface area contributed by atoms with Crippen LogP contribution >= 0.6 is 15.0 Å². The van der Waals surface area contributed by atoms with Crippen molar-refractivity contribution in [2.75, 3.05) is 39.1 Å². The smallest absolute Gasteiger partial charge is 0.411 e. The van der Waals surface area contributed by atoms with Gasteiger partial charge in [-0.05, 0) is 131 Å². The van der Waals surface area contributed by atoms with E-state index >= 15 is 0 Å². The Hall–Kier alpha value is -4.50. The van der Waals surface area contributed by atoms with Gasteiger partial charge in [0.25, 0.3) is 11.7 Å². The number of carbonyl (C=O) groups is 6. The molecule has 3 fully saturated rings. The average molecular weight is 1190 g/mol. The number of fused-ring (bicyclic) bond motifs is 3. The van der Waals surface area contributed by atoms with Gasteiger partial charge in [0.2, 0.25) is 13.2 Å². The molecule has 3 aliphatic heterocycles. The Balaban J connectivity index is 1.40. The summed E-state index contributed by atoms with van der Waals surface area (Å²) in [5.74, 6) is -10.2. The van der Waals surface area contributed by atoms with Crippen LogP contribution < -0.4 is 10.6 Å². The zero-order valence-corrected chi connectivity index (χ0v) is 50.8. The Kier molecular flexibility index (Phi) is 25.4. The van der Waals surface area contributed by atoms with Crippen LogP contribution in [0.1, 0.15) is 126 Å². The van der Waals surface area contributed by atoms with Crippen molar-refractivity contribution >= 4 is 61.3 Å². The van der Waals surface area contributed by atoms with E-state index in [1.807, 2.05) is 51.2 Å². The molecule has 2 saturated heterocycles. The van der Waals surface area contributed by atoms with Crippen molar-refractivity contribution in [1.29, 1.82) is 0 Å². The van der Waals surface area contributed by atoms with Crippen molar-refractivity contribution in [3.63, 3.8) is 0 Å². The summed E-state index contributed by atoms with van der Waals surface area (Å²) >= 11 is 0. The molecule has 82 heavy (non-hydrogen) atoms. The number of hydrogen-bond donors (Lipinski definition) is 6. The molecule has 16 atom stereocenters. The summed E-state index contributed by atoms with van der Waals surface area (Å²) in [5.41, 5.74) is 1.36. The molecule has 4 aliphatic rings. The van der Waals surface area contributed by atoms with Crippen LogP contribution in [0.15, 0.2) is 71.9 Å². The number of ketones is 3. The number of aliphatic hydroxyl groups is 2. The number of methoxy groups -OCH3 is 3. The number of allylic oxidation sites excluding steroid dienone is 6. The first kappa shape index (κ1) is 68.3. The standard InChI is InChI=1S/C59H88N2O19P2/c1-35-16-12-11-13-17-36(2)49(75-8)32-44-23-19-41(7)59(69,80-44)55(65)56(66)61-27-15-14-18-46(61)57(67)78-50(33-47(62)37(3)29-40(6)53(64)54(77-10)52(63)39(5)28-35)38(4)30-42-20-26-48(51(31-42)76-9)79-58(68)60-43-21-24-45(25-22-43)81(70,71)34-82(72,73)74/h11-13,16-17,21-22,24-25,29,35,37-39,41-42,44,46,48-51,53-54,64,69H,14-15,18-20,23,26-28,30-34H2,1-10H3,(H,60,68)(H,70,71)(H2,72,73,74)/b13-11+,16-12+,36-17+,40-29+/t35-,37-,38-,39-,41-,42+,44+,46+,48-,49+,50+,51-,53-,54+,59-/m1/s1. The average Bonchev–Trinajstić information content (AvgIpc) is 3.37. The molecular weight excluding hydrogens is 1100 g/mol. The molecule has 23 heteroatoms. The zero-order chi connectivity index (χ0) is 60.9. The molecule has 0 aromatic heterocycles. The number of rotatable bonds is 11. The summed E-state index contributed by atoms with van der Waals surface area (Å²) in [7, 11) is -4.82. The number of hydrogen-bond acceptors (Lipinski definition) is 16. The van der Waals surface area contributed by atoms with Gasteiger partial charge in [0, 0.05) is 69.5 Å². The Morgan fingerprint density at radius 2 is 1.54 bits per heavy atom. The number of cyclic esters (lactones) is 1. The number of benzene rings is 1. The van der Waals surface area contributed by atoms with Gasteiger partial charge in [0.05, 0.1) is 18.3 Å². The highest BCUT2D eigenvalue weighted by atomic mass is 31.2. The Bertz CT molecular complexity index is 2620. The quantitative estimate of drug-likeness (QED) is 0.0542. The number of aliphatic hydroxyl groups excluding tert-OH is 1. The van der Waals surface area contributed by atoms with Gasteiger partial charge >= 0.3 is 19.7 Å². The Morgan fingerprint density at radius 3 is 2.18 bits per heavy atom. The zero-order valence-electron chi connectivity index (χ0n) is 49.0. The number of nitrogens with one attached hydrogen (secondary N) is 1. The number of amides is 2. The van der Waals surface area contributed by atoms with Gasteiger partial charge < -0.3 is 58.2 Å². The monoisotopic (exact) mass is 1190 g/mol. The van der Waals surface area contributed by atoms with Crippen molar-refractivity contribution in [3.05, 3.63) is 71.9 Å². The predicted molar refractivity (Wildman–Crippen MR) is 306 cm³/mol. The lowest BCUT2D eigenvalue weighted by atomic mass is 9.78. The SMILES string of the molecule is CO[C@H]1C[C@@H]2CC[C@@H](C)[C@@](O)(O2)C(=O)C(=O)N2CCCC[C@H]2C(=O)O[C@H]([C@H](C)C[C@@H]2CC[C@@H](OC(=O)Nc3ccc(P(=O)(O)CP(=O)(O)O)cc3)[C@H](OC)C2)CC(=O)[C@H](C)/C=C(\C)[C@@H](O)[C@@H](OC)C(=O)[C@H](C)C[C@H](C)/C=C/C=C/C=C/1C. The number of carbonyl (C=O) groups excluding carboxylic acids is 6. The number of esters is 1. The number of Topliss-reactive ketones (excluding diaryl/α,β-unsaturated/α-hetero) is 3. The van der Waals surface area contributed by atoms with Crippen molar-refractivity contribution in [2.45, 2.75) is 180 Å². The van der Waals surface area contributed by atoms with E-state index in [1.54, 1.807) is 40.9 Å². The third-order valence-corrected chi connectivity index (χ3v) is 20.7. The molecule has 2 bridgehead atoms. The van der Waals surface area contributed by atoms with Crippen molar-refractivity contribution in [3.8, 4) is 0 Å². The lowest BCUT2D eigenvalue weighted by molar-refractivity contribution is -0.265. The van der Waals surface area contributed by atoms with Crippen LogP contribution in [0.25, 0.3) is 0 Å². The minimum atomic E-state index is -4.80. The highest BCUT2D eigenvalue weighted by Crippen LogP contribution is 2.54. The first-order chi connectivity index (χ1) is 38.5. The largest absolute Gasteiger partial charge is 0.460 e. The fourth-order valence-corrected chi connectivity index (χ4v) is 14.9. The number of anilines is 1. The van der Waals surface area contributed by atoms with Crippen LogP contribution in [0.4, 0.5) is 10.5 Å². The summed E-state index contributed by atoms with van der Waals surface area (Å²) in [6, 6.07) is 3.73. The van der Waals surface area contributed by atoms with Crippen LogP contribution in [0, 0.1) is 35.5 Å². The van der Waals surface area contributed by atoms with Crippen LogP contribution in [0.5, 0.6) is 0 Å². The maximum Gasteiger partial charge on any atom is 0.411 e. The highest BCUT2D eigenvalue weighted by Gasteiger charge is 2.53. The molecule has 0 spiro atoms. The fraction of sp³-hybridized carbons (Fsp3) is 0.661. The molecule has 6 N–H and O–H groups in total. The van der Waals surface area contributed by atoms with Crippen molar-refractivity contribution in [2.24, 2.45) is 35.5 Å². The Labute approximate surface area is 482 Å². The van der Waals surface area contributed by atoms with Crippen LogP contribution in [-0.4, -0.2) is 153 Å². The summed E-state index contributed by atoms with van der Waals surface area (Å²) in [4.78, 5) is 115. The maximum atomic E-state index is 14.6. The van der Waals surface area contributed by atoms with E-state index < -0.39 is 123 Å². The van der Waals surface area contributed by atoms with E-state index in [-0.39, 0.29) is 60.2 Å². The second-order valence-corrected chi connectivity index (χ2v) is 27.5. The third kappa shape index (κ3) is 18.7. The summed E-state index contributed by atoms with van der Waals surface area (Å²) in [6.07, 6.45) is 8.19. The molecule has 2 amide bonds. The van der Waals surface area contributed by atoms with Crippen LogP contribution in [0.2, 0.25) is 0 Å². The first-order valence-corrected chi connectivity index (χ1v) is 32.1. The molecule has 1 unspecified atom stereocenters. The van der Waals surface area contributed by atoms with Crippen LogP contribution in [-0.2, 0) is 61.5 Å². The normalized spacial score (nSPS) is 35.3. The maximum absolute atomic E-state index is 14.6. The second kappa shape index (κ2) is 30.5. The van der Waals surface area contributed by atoms with E-state index in [4.69, 9.17) is 28.4 Å². The molecule has 1 aliphatic carbocycles. The number of nitrogens with zero attached hydrogens (tertiary/aromatic N) is 1. The topological polar surface area (TPSA) is 308 Å². The summed E-state index contributed by atoms with van der Waals surface area (Å²) in [5, 5.41) is 26.0. The minimum absolute atomic E-state index is 0.0185.